The van der Waals surface area contributed by atoms with Crippen molar-refractivity contribution in [2.24, 2.45) is 5.73 Å². The summed E-state index contributed by atoms with van der Waals surface area (Å²) in [5, 5.41) is 0. The van der Waals surface area contributed by atoms with E-state index in [1.54, 1.807) is 6.20 Å². The van der Waals surface area contributed by atoms with Crippen LogP contribution in [-0.4, -0.2) is 0 Å². The third-order valence-electron chi connectivity index (χ3n) is 3.28. The zero-order valence-corrected chi connectivity index (χ0v) is 15.0. The molecule has 0 radical (unpaired) electrons. The van der Waals surface area contributed by atoms with Gasteiger partial charge in [0.25, 0.3) is 0 Å². The average Bonchev–Trinajstić information content (AvgIpc) is 2.60. The first-order chi connectivity index (χ1) is 11.2. The Balaban J connectivity index is 0.00000232. The standard InChI is InChI=1S/C20H25N.C2H6/c1-4-17(2)9-8-10-18(3)20(15-16-21)14-13-19-11-6-5-7-12-19;1-2/h4-9,11-12,14-16H,3,10,13,21H2,1-2H3;1-2H3/b9-8-,16-15-,17-4-,20-14+;. The second kappa shape index (κ2) is 13.4. The first-order valence-electron chi connectivity index (χ1n) is 8.27. The predicted octanol–water partition coefficient (Wildman–Crippen LogP) is 6.12. The molecule has 0 aliphatic heterocycles. The number of allylic oxidation sites excluding steroid dienone is 8. The molecule has 1 aromatic rings. The van der Waals surface area contributed by atoms with Crippen LogP contribution in [0.1, 0.15) is 39.7 Å². The lowest BCUT2D eigenvalue weighted by Crippen LogP contribution is -1.89. The van der Waals surface area contributed by atoms with E-state index < -0.39 is 0 Å². The Kier molecular flexibility index (Phi) is 12.1. The zero-order chi connectivity index (χ0) is 17.5. The van der Waals surface area contributed by atoms with E-state index in [0.717, 1.165) is 24.0 Å². The molecule has 0 saturated heterocycles. The van der Waals surface area contributed by atoms with Gasteiger partial charge in [-0.15, -0.1) is 0 Å². The summed E-state index contributed by atoms with van der Waals surface area (Å²) in [7, 11) is 0. The maximum Gasteiger partial charge on any atom is -0.00564 e. The summed E-state index contributed by atoms with van der Waals surface area (Å²) in [6.07, 6.45) is 13.7. The van der Waals surface area contributed by atoms with Gasteiger partial charge in [0.15, 0.2) is 0 Å². The summed E-state index contributed by atoms with van der Waals surface area (Å²) in [4.78, 5) is 0. The van der Waals surface area contributed by atoms with Gasteiger partial charge in [0, 0.05) is 0 Å². The molecule has 23 heavy (non-hydrogen) atoms. The van der Waals surface area contributed by atoms with Gasteiger partial charge in [-0.05, 0) is 55.7 Å². The minimum absolute atomic E-state index is 0.830. The van der Waals surface area contributed by atoms with Crippen LogP contribution >= 0.6 is 0 Å². The highest BCUT2D eigenvalue weighted by Gasteiger charge is 1.98. The van der Waals surface area contributed by atoms with Gasteiger partial charge in [0.1, 0.15) is 0 Å². The molecule has 0 unspecified atom stereocenters. The molecule has 1 heteroatoms. The second-order valence-electron chi connectivity index (χ2n) is 4.95. The minimum atomic E-state index is 0.830. The van der Waals surface area contributed by atoms with Crippen molar-refractivity contribution >= 4 is 0 Å². The van der Waals surface area contributed by atoms with Crippen molar-refractivity contribution in [2.75, 3.05) is 0 Å². The van der Waals surface area contributed by atoms with E-state index >= 15 is 0 Å². The molecule has 1 nitrogen and oxygen atoms in total. The molecule has 0 atom stereocenters. The number of rotatable bonds is 7. The number of benzene rings is 1. The highest BCUT2D eigenvalue weighted by molar-refractivity contribution is 5.40. The summed E-state index contributed by atoms with van der Waals surface area (Å²) in [5.41, 5.74) is 10.3. The quantitative estimate of drug-likeness (QED) is 0.603. The maximum absolute atomic E-state index is 5.54. The Hall–Kier alpha value is -2.28. The second-order valence-corrected chi connectivity index (χ2v) is 4.95. The molecule has 0 saturated carbocycles. The van der Waals surface area contributed by atoms with Crippen LogP contribution in [0, 0.1) is 0 Å². The van der Waals surface area contributed by atoms with Gasteiger partial charge in [-0.1, -0.05) is 80.6 Å². The third kappa shape index (κ3) is 9.36. The van der Waals surface area contributed by atoms with E-state index in [9.17, 15) is 0 Å². The largest absolute Gasteiger partial charge is 0.405 e. The van der Waals surface area contributed by atoms with Crippen molar-refractivity contribution in [3.63, 3.8) is 0 Å². The molecule has 0 spiro atoms. The summed E-state index contributed by atoms with van der Waals surface area (Å²) in [6, 6.07) is 10.4. The maximum atomic E-state index is 5.54. The lowest BCUT2D eigenvalue weighted by Gasteiger charge is -2.05. The first kappa shape index (κ1) is 20.7. The first-order valence-corrected chi connectivity index (χ1v) is 8.27. The molecule has 0 heterocycles. The summed E-state index contributed by atoms with van der Waals surface area (Å²) >= 11 is 0. The highest BCUT2D eigenvalue weighted by atomic mass is 14.5. The molecule has 2 N–H and O–H groups in total. The van der Waals surface area contributed by atoms with Gasteiger partial charge < -0.3 is 5.73 Å². The van der Waals surface area contributed by atoms with Gasteiger partial charge in [0.05, 0.1) is 0 Å². The van der Waals surface area contributed by atoms with Crippen LogP contribution in [0.2, 0.25) is 0 Å². The van der Waals surface area contributed by atoms with E-state index in [-0.39, 0.29) is 0 Å². The molecular formula is C22H31N. The predicted molar refractivity (Wildman–Crippen MR) is 105 cm³/mol. The van der Waals surface area contributed by atoms with Crippen LogP contribution in [0.3, 0.4) is 0 Å². The Bertz CT molecular complexity index is 557. The van der Waals surface area contributed by atoms with Crippen LogP contribution in [0.15, 0.2) is 90.2 Å². The van der Waals surface area contributed by atoms with Crippen molar-refractivity contribution in [1.82, 2.24) is 0 Å². The van der Waals surface area contributed by atoms with E-state index in [1.165, 1.54) is 11.1 Å². The van der Waals surface area contributed by atoms with Gasteiger partial charge in [-0.25, -0.2) is 0 Å². The molecule has 0 fully saturated rings. The Morgan fingerprint density at radius 2 is 1.78 bits per heavy atom. The van der Waals surface area contributed by atoms with Crippen LogP contribution in [0.25, 0.3) is 0 Å². The molecule has 1 aromatic carbocycles. The monoisotopic (exact) mass is 309 g/mol. The van der Waals surface area contributed by atoms with Crippen LogP contribution in [0.5, 0.6) is 0 Å². The molecule has 0 aliphatic rings. The Morgan fingerprint density at radius 1 is 1.13 bits per heavy atom. The fourth-order valence-electron chi connectivity index (χ4n) is 1.88. The third-order valence-corrected chi connectivity index (χ3v) is 3.28. The molecule has 0 bridgehead atoms. The van der Waals surface area contributed by atoms with E-state index in [4.69, 9.17) is 5.73 Å². The lowest BCUT2D eigenvalue weighted by atomic mass is 10.0. The smallest absolute Gasteiger partial charge is 0.00564 e. The van der Waals surface area contributed by atoms with Crippen molar-refractivity contribution in [3.8, 4) is 0 Å². The van der Waals surface area contributed by atoms with Gasteiger partial charge >= 0.3 is 0 Å². The lowest BCUT2D eigenvalue weighted by molar-refractivity contribution is 1.19. The Labute approximate surface area is 142 Å². The fraction of sp³-hybridized carbons (Fsp3) is 0.273. The number of hydrogen-bond acceptors (Lipinski definition) is 1. The number of hydrogen-bond donors (Lipinski definition) is 1. The van der Waals surface area contributed by atoms with Crippen molar-refractivity contribution in [3.05, 3.63) is 95.8 Å². The van der Waals surface area contributed by atoms with Crippen molar-refractivity contribution in [2.45, 2.75) is 40.5 Å². The van der Waals surface area contributed by atoms with E-state index in [1.807, 2.05) is 32.9 Å². The SMILES string of the molecule is C=C(C/C=C\C(C)=C/C)C(/C=C\N)=C/Cc1ccccc1.CC. The minimum Gasteiger partial charge on any atom is -0.405 e. The van der Waals surface area contributed by atoms with E-state index in [2.05, 4.69) is 62.1 Å². The van der Waals surface area contributed by atoms with Crippen molar-refractivity contribution < 1.29 is 0 Å². The average molecular weight is 309 g/mol. The molecular weight excluding hydrogens is 278 g/mol. The topological polar surface area (TPSA) is 26.0 Å². The molecule has 0 aromatic heterocycles. The van der Waals surface area contributed by atoms with Crippen LogP contribution in [0.4, 0.5) is 0 Å². The molecule has 1 rings (SSSR count). The normalized spacial score (nSPS) is 12.3. The zero-order valence-electron chi connectivity index (χ0n) is 15.0. The van der Waals surface area contributed by atoms with Crippen LogP contribution in [-0.2, 0) is 6.42 Å². The summed E-state index contributed by atoms with van der Waals surface area (Å²) in [5.74, 6) is 0. The molecule has 0 amide bonds. The Morgan fingerprint density at radius 3 is 2.35 bits per heavy atom. The molecule has 124 valence electrons. The van der Waals surface area contributed by atoms with Gasteiger partial charge in [-0.3, -0.25) is 0 Å². The van der Waals surface area contributed by atoms with E-state index in [0.29, 0.717) is 0 Å². The highest BCUT2D eigenvalue weighted by Crippen LogP contribution is 2.16. The van der Waals surface area contributed by atoms with Gasteiger partial charge in [-0.2, -0.15) is 0 Å². The fourth-order valence-corrected chi connectivity index (χ4v) is 1.88. The summed E-state index contributed by atoms with van der Waals surface area (Å²) < 4.78 is 0. The number of nitrogens with two attached hydrogens (primary N) is 1. The van der Waals surface area contributed by atoms with Crippen LogP contribution < -0.4 is 5.73 Å². The van der Waals surface area contributed by atoms with Crippen molar-refractivity contribution in [1.29, 1.82) is 0 Å². The molecule has 0 aliphatic carbocycles. The summed E-state index contributed by atoms with van der Waals surface area (Å²) in [6.45, 7) is 12.3. The van der Waals surface area contributed by atoms with Gasteiger partial charge in [0.2, 0.25) is 0 Å².